The van der Waals surface area contributed by atoms with Gasteiger partial charge in [0.15, 0.2) is 0 Å². The zero-order valence-corrected chi connectivity index (χ0v) is 14.9. The van der Waals surface area contributed by atoms with Crippen LogP contribution in [-0.4, -0.2) is 0 Å². The first kappa shape index (κ1) is 16.0. The first-order valence-electron chi connectivity index (χ1n) is 9.33. The molecular formula is C25H20O2. The number of ether oxygens (including phenoxy) is 2. The molecule has 5 rings (SSSR count). The number of hydrogen-bond acceptors (Lipinski definition) is 2. The summed E-state index contributed by atoms with van der Waals surface area (Å²) in [5.41, 5.74) is 2.29. The number of fused-ring (bicyclic) bond motifs is 2. The topological polar surface area (TPSA) is 18.5 Å². The molecule has 0 N–H and O–H groups in total. The van der Waals surface area contributed by atoms with Gasteiger partial charge in [0.25, 0.3) is 0 Å². The normalized spacial score (nSPS) is 18.5. The maximum atomic E-state index is 6.46. The second kappa shape index (κ2) is 6.81. The second-order valence-corrected chi connectivity index (χ2v) is 6.91. The Balaban J connectivity index is 1.49. The fourth-order valence-electron chi connectivity index (χ4n) is 3.77. The predicted octanol–water partition coefficient (Wildman–Crippen LogP) is 6.48. The summed E-state index contributed by atoms with van der Waals surface area (Å²) < 4.78 is 12.7. The van der Waals surface area contributed by atoms with Crippen LogP contribution in [0.5, 0.6) is 11.5 Å². The molecule has 2 heteroatoms. The van der Waals surface area contributed by atoms with Crippen molar-refractivity contribution in [2.45, 2.75) is 18.6 Å². The lowest BCUT2D eigenvalue weighted by Gasteiger charge is -2.32. The summed E-state index contributed by atoms with van der Waals surface area (Å²) in [7, 11) is 0. The molecule has 2 atom stereocenters. The second-order valence-electron chi connectivity index (χ2n) is 6.91. The highest BCUT2D eigenvalue weighted by Gasteiger charge is 2.30. The zero-order chi connectivity index (χ0) is 18.1. The Hall–Kier alpha value is -3.26. The molecular weight excluding hydrogens is 332 g/mol. The van der Waals surface area contributed by atoms with Gasteiger partial charge in [-0.25, -0.2) is 0 Å². The molecule has 132 valence electrons. The van der Waals surface area contributed by atoms with Crippen LogP contribution in [0.4, 0.5) is 0 Å². The van der Waals surface area contributed by atoms with Crippen molar-refractivity contribution >= 4 is 10.8 Å². The summed E-state index contributed by atoms with van der Waals surface area (Å²) in [6, 6.07) is 33.2. The van der Waals surface area contributed by atoms with Crippen LogP contribution in [0.25, 0.3) is 10.8 Å². The van der Waals surface area contributed by atoms with Crippen molar-refractivity contribution in [1.82, 2.24) is 0 Å². The minimum atomic E-state index is -0.0404. The Kier molecular flexibility index (Phi) is 4.02. The minimum Gasteiger partial charge on any atom is -0.485 e. The quantitative estimate of drug-likeness (QED) is 0.420. The standard InChI is InChI=1S/C25H20O2/c1-2-9-19(10-3-1)24-17-25(22-12-6-7-13-23(22)27-24)26-21-15-14-18-8-4-5-11-20(18)16-21/h1-16,24-25H,17H2. The molecule has 0 saturated carbocycles. The SMILES string of the molecule is c1ccc(C2CC(Oc3ccc4ccccc4c3)c3ccccc3O2)cc1. The van der Waals surface area contributed by atoms with Crippen molar-refractivity contribution in [3.8, 4) is 11.5 Å². The van der Waals surface area contributed by atoms with Gasteiger partial charge >= 0.3 is 0 Å². The van der Waals surface area contributed by atoms with Gasteiger partial charge in [0.05, 0.1) is 0 Å². The van der Waals surface area contributed by atoms with Crippen molar-refractivity contribution < 1.29 is 9.47 Å². The van der Waals surface area contributed by atoms with Crippen molar-refractivity contribution in [2.75, 3.05) is 0 Å². The first-order valence-corrected chi connectivity index (χ1v) is 9.33. The van der Waals surface area contributed by atoms with Gasteiger partial charge in [-0.1, -0.05) is 78.9 Å². The van der Waals surface area contributed by atoms with E-state index in [9.17, 15) is 0 Å². The van der Waals surface area contributed by atoms with Gasteiger partial charge in [-0.15, -0.1) is 0 Å². The summed E-state index contributed by atoms with van der Waals surface area (Å²) in [5, 5.41) is 2.41. The number of hydrogen-bond donors (Lipinski definition) is 0. The third-order valence-electron chi connectivity index (χ3n) is 5.13. The zero-order valence-electron chi connectivity index (χ0n) is 14.9. The predicted molar refractivity (Wildman–Crippen MR) is 108 cm³/mol. The average Bonchev–Trinajstić information content (AvgIpc) is 2.74. The number of benzene rings is 4. The molecule has 1 aliphatic rings. The Morgan fingerprint density at radius 1 is 0.704 bits per heavy atom. The largest absolute Gasteiger partial charge is 0.485 e. The Bertz CT molecular complexity index is 1070. The molecule has 0 bridgehead atoms. The highest BCUT2D eigenvalue weighted by Crippen LogP contribution is 2.43. The molecule has 0 saturated heterocycles. The van der Waals surface area contributed by atoms with E-state index in [0.29, 0.717) is 0 Å². The monoisotopic (exact) mass is 352 g/mol. The van der Waals surface area contributed by atoms with Crippen LogP contribution in [0.15, 0.2) is 97.1 Å². The van der Waals surface area contributed by atoms with Crippen LogP contribution >= 0.6 is 0 Å². The summed E-state index contributed by atoms with van der Waals surface area (Å²) in [6.07, 6.45) is 0.737. The van der Waals surface area contributed by atoms with Gasteiger partial charge in [0.2, 0.25) is 0 Å². The van der Waals surface area contributed by atoms with Crippen molar-refractivity contribution in [2.24, 2.45) is 0 Å². The van der Waals surface area contributed by atoms with E-state index in [1.807, 2.05) is 24.3 Å². The summed E-state index contributed by atoms with van der Waals surface area (Å²) in [6.45, 7) is 0. The molecule has 0 fully saturated rings. The molecule has 1 heterocycles. The average molecular weight is 352 g/mol. The van der Waals surface area contributed by atoms with Crippen LogP contribution in [0.1, 0.15) is 29.8 Å². The van der Waals surface area contributed by atoms with Gasteiger partial charge in [-0.3, -0.25) is 0 Å². The van der Waals surface area contributed by atoms with E-state index in [2.05, 4.69) is 72.8 Å². The summed E-state index contributed by atoms with van der Waals surface area (Å²) >= 11 is 0. The molecule has 2 nitrogen and oxygen atoms in total. The van der Waals surface area contributed by atoms with Crippen molar-refractivity contribution in [3.05, 3.63) is 108 Å². The van der Waals surface area contributed by atoms with Crippen molar-refractivity contribution in [3.63, 3.8) is 0 Å². The van der Waals surface area contributed by atoms with Gasteiger partial charge in [0.1, 0.15) is 23.7 Å². The molecule has 0 aromatic heterocycles. The lowest BCUT2D eigenvalue weighted by molar-refractivity contribution is 0.0810. The van der Waals surface area contributed by atoms with Gasteiger partial charge in [0, 0.05) is 12.0 Å². The molecule has 1 aliphatic heterocycles. The maximum absolute atomic E-state index is 6.46. The van der Waals surface area contributed by atoms with Crippen LogP contribution in [0.3, 0.4) is 0 Å². The number of para-hydroxylation sites is 1. The van der Waals surface area contributed by atoms with Gasteiger partial charge in [-0.05, 0) is 34.5 Å². The van der Waals surface area contributed by atoms with E-state index in [4.69, 9.17) is 9.47 Å². The smallest absolute Gasteiger partial charge is 0.131 e. The molecule has 27 heavy (non-hydrogen) atoms. The molecule has 2 unspecified atom stereocenters. The van der Waals surface area contributed by atoms with E-state index in [-0.39, 0.29) is 12.2 Å². The third kappa shape index (κ3) is 3.15. The van der Waals surface area contributed by atoms with Crippen LogP contribution in [-0.2, 0) is 0 Å². The Morgan fingerprint density at radius 2 is 1.44 bits per heavy atom. The molecule has 0 spiro atoms. The fourth-order valence-corrected chi connectivity index (χ4v) is 3.77. The number of rotatable bonds is 3. The van der Waals surface area contributed by atoms with Crippen LogP contribution in [0, 0.1) is 0 Å². The molecule has 4 aromatic carbocycles. The van der Waals surface area contributed by atoms with E-state index in [1.54, 1.807) is 0 Å². The first-order chi connectivity index (χ1) is 13.4. The highest BCUT2D eigenvalue weighted by atomic mass is 16.5. The van der Waals surface area contributed by atoms with Crippen LogP contribution < -0.4 is 9.47 Å². The fraction of sp³-hybridized carbons (Fsp3) is 0.120. The lowest BCUT2D eigenvalue weighted by Crippen LogP contribution is -2.22. The van der Waals surface area contributed by atoms with Crippen LogP contribution in [0.2, 0.25) is 0 Å². The van der Waals surface area contributed by atoms with E-state index in [1.165, 1.54) is 16.3 Å². The Labute approximate surface area is 159 Å². The van der Waals surface area contributed by atoms with Gasteiger partial charge < -0.3 is 9.47 Å². The van der Waals surface area contributed by atoms with E-state index < -0.39 is 0 Å². The van der Waals surface area contributed by atoms with Gasteiger partial charge in [-0.2, -0.15) is 0 Å². The lowest BCUT2D eigenvalue weighted by atomic mass is 9.95. The molecule has 0 aliphatic carbocycles. The summed E-state index contributed by atoms with van der Waals surface area (Å²) in [4.78, 5) is 0. The summed E-state index contributed by atoms with van der Waals surface area (Å²) in [5.74, 6) is 1.80. The minimum absolute atomic E-state index is 0.00782. The Morgan fingerprint density at radius 3 is 2.33 bits per heavy atom. The van der Waals surface area contributed by atoms with E-state index >= 15 is 0 Å². The molecule has 0 radical (unpaired) electrons. The third-order valence-corrected chi connectivity index (χ3v) is 5.13. The molecule has 0 amide bonds. The molecule has 4 aromatic rings. The maximum Gasteiger partial charge on any atom is 0.131 e. The van der Waals surface area contributed by atoms with Crippen molar-refractivity contribution in [1.29, 1.82) is 0 Å². The van der Waals surface area contributed by atoms with E-state index in [0.717, 1.165) is 23.5 Å². The highest BCUT2D eigenvalue weighted by molar-refractivity contribution is 5.83.